The molecular formula is C11H13NO3. The van der Waals surface area contributed by atoms with Crippen molar-refractivity contribution in [3.05, 3.63) is 34.9 Å². The van der Waals surface area contributed by atoms with Crippen molar-refractivity contribution in [2.45, 2.75) is 13.8 Å². The maximum atomic E-state index is 11.6. The minimum Gasteiger partial charge on any atom is -0.452 e. The number of nitrogens with two attached hydrogens (primary N) is 1. The second-order valence-electron chi connectivity index (χ2n) is 3.31. The first-order valence-corrected chi connectivity index (χ1v) is 4.54. The number of aryl methyl sites for hydroxylation is 2. The molecule has 0 heterocycles. The Morgan fingerprint density at radius 1 is 1.27 bits per heavy atom. The minimum atomic E-state index is -0.658. The topological polar surface area (TPSA) is 69.4 Å². The zero-order valence-electron chi connectivity index (χ0n) is 8.74. The zero-order valence-corrected chi connectivity index (χ0v) is 8.74. The maximum Gasteiger partial charge on any atom is 0.339 e. The van der Waals surface area contributed by atoms with Gasteiger partial charge in [0.25, 0.3) is 5.91 Å². The molecule has 1 rings (SSSR count). The summed E-state index contributed by atoms with van der Waals surface area (Å²) in [5.41, 5.74) is 7.02. The smallest absolute Gasteiger partial charge is 0.339 e. The standard InChI is InChI=1S/C11H13NO3/c1-7-4-3-5-8(2)10(7)11(14)15-6-9(12)13/h3-5H,6H2,1-2H3,(H2,12,13). The summed E-state index contributed by atoms with van der Waals surface area (Å²) in [7, 11) is 0. The van der Waals surface area contributed by atoms with Gasteiger partial charge in [0.2, 0.25) is 0 Å². The molecule has 0 bridgehead atoms. The first kappa shape index (κ1) is 11.2. The van der Waals surface area contributed by atoms with Crippen LogP contribution < -0.4 is 5.73 Å². The highest BCUT2D eigenvalue weighted by atomic mass is 16.5. The molecule has 0 unspecified atom stereocenters. The summed E-state index contributed by atoms with van der Waals surface area (Å²) < 4.78 is 4.74. The van der Waals surface area contributed by atoms with Crippen LogP contribution in [-0.4, -0.2) is 18.5 Å². The zero-order chi connectivity index (χ0) is 11.4. The first-order chi connectivity index (χ1) is 7.02. The molecule has 0 spiro atoms. The van der Waals surface area contributed by atoms with Gasteiger partial charge in [0.1, 0.15) is 0 Å². The first-order valence-electron chi connectivity index (χ1n) is 4.54. The lowest BCUT2D eigenvalue weighted by molar-refractivity contribution is -0.121. The van der Waals surface area contributed by atoms with Gasteiger partial charge in [-0.05, 0) is 25.0 Å². The van der Waals surface area contributed by atoms with Crippen molar-refractivity contribution < 1.29 is 14.3 Å². The van der Waals surface area contributed by atoms with Crippen LogP contribution in [-0.2, 0) is 9.53 Å². The van der Waals surface area contributed by atoms with E-state index in [4.69, 9.17) is 10.5 Å². The molecule has 0 aromatic heterocycles. The molecule has 0 saturated heterocycles. The van der Waals surface area contributed by atoms with E-state index in [2.05, 4.69) is 0 Å². The normalized spacial score (nSPS) is 9.73. The van der Waals surface area contributed by atoms with Crippen LogP contribution in [0.3, 0.4) is 0 Å². The fraction of sp³-hybridized carbons (Fsp3) is 0.273. The van der Waals surface area contributed by atoms with E-state index in [1.54, 1.807) is 0 Å². The van der Waals surface area contributed by atoms with Gasteiger partial charge in [0.05, 0.1) is 5.56 Å². The average molecular weight is 207 g/mol. The van der Waals surface area contributed by atoms with Crippen molar-refractivity contribution in [2.24, 2.45) is 5.73 Å². The van der Waals surface area contributed by atoms with Crippen LogP contribution in [0.15, 0.2) is 18.2 Å². The van der Waals surface area contributed by atoms with Crippen LogP contribution >= 0.6 is 0 Å². The lowest BCUT2D eigenvalue weighted by Crippen LogP contribution is -2.21. The quantitative estimate of drug-likeness (QED) is 0.750. The van der Waals surface area contributed by atoms with Crippen LogP contribution in [0.4, 0.5) is 0 Å². The molecular weight excluding hydrogens is 194 g/mol. The number of rotatable bonds is 3. The number of primary amides is 1. The lowest BCUT2D eigenvalue weighted by atomic mass is 10.0. The highest BCUT2D eigenvalue weighted by molar-refractivity contribution is 5.93. The Labute approximate surface area is 88.0 Å². The monoisotopic (exact) mass is 207 g/mol. The molecule has 1 amide bonds. The fourth-order valence-electron chi connectivity index (χ4n) is 1.35. The van der Waals surface area contributed by atoms with Gasteiger partial charge >= 0.3 is 5.97 Å². The van der Waals surface area contributed by atoms with Crippen molar-refractivity contribution in [3.8, 4) is 0 Å². The van der Waals surface area contributed by atoms with Gasteiger partial charge < -0.3 is 10.5 Å². The third-order valence-electron chi connectivity index (χ3n) is 2.03. The number of hydrogen-bond acceptors (Lipinski definition) is 3. The van der Waals surface area contributed by atoms with E-state index in [0.717, 1.165) is 11.1 Å². The van der Waals surface area contributed by atoms with Crippen LogP contribution in [0.2, 0.25) is 0 Å². The summed E-state index contributed by atoms with van der Waals surface area (Å²) in [6.07, 6.45) is 0. The summed E-state index contributed by atoms with van der Waals surface area (Å²) in [5, 5.41) is 0. The van der Waals surface area contributed by atoms with E-state index < -0.39 is 11.9 Å². The molecule has 4 nitrogen and oxygen atoms in total. The number of benzene rings is 1. The van der Waals surface area contributed by atoms with Crippen LogP contribution in [0.1, 0.15) is 21.5 Å². The van der Waals surface area contributed by atoms with Gasteiger partial charge in [-0.25, -0.2) is 4.79 Å². The number of hydrogen-bond donors (Lipinski definition) is 1. The average Bonchev–Trinajstić information content (AvgIpc) is 2.14. The van der Waals surface area contributed by atoms with Gasteiger partial charge in [0, 0.05) is 0 Å². The molecule has 1 aromatic carbocycles. The van der Waals surface area contributed by atoms with Crippen molar-refractivity contribution in [2.75, 3.05) is 6.61 Å². The Morgan fingerprint density at radius 3 is 2.27 bits per heavy atom. The third kappa shape index (κ3) is 2.80. The maximum absolute atomic E-state index is 11.6. The molecule has 80 valence electrons. The summed E-state index contributed by atoms with van der Waals surface area (Å²) in [6, 6.07) is 5.48. The Morgan fingerprint density at radius 2 is 1.80 bits per heavy atom. The number of esters is 1. The molecule has 0 aliphatic rings. The molecule has 1 aromatic rings. The summed E-state index contributed by atoms with van der Waals surface area (Å²) in [6.45, 7) is 3.24. The third-order valence-corrected chi connectivity index (χ3v) is 2.03. The molecule has 15 heavy (non-hydrogen) atoms. The molecule has 2 N–H and O–H groups in total. The number of ether oxygens (including phenoxy) is 1. The predicted molar refractivity (Wildman–Crippen MR) is 55.4 cm³/mol. The molecule has 0 saturated carbocycles. The van der Waals surface area contributed by atoms with Crippen LogP contribution in [0, 0.1) is 13.8 Å². The Balaban J connectivity index is 2.86. The Bertz CT molecular complexity index is 379. The second kappa shape index (κ2) is 4.59. The van der Waals surface area contributed by atoms with Gasteiger partial charge in [-0.3, -0.25) is 4.79 Å². The SMILES string of the molecule is Cc1cccc(C)c1C(=O)OCC(N)=O. The van der Waals surface area contributed by atoms with Gasteiger partial charge in [-0.15, -0.1) is 0 Å². The summed E-state index contributed by atoms with van der Waals surface area (Å²) >= 11 is 0. The van der Waals surface area contributed by atoms with Gasteiger partial charge in [-0.1, -0.05) is 18.2 Å². The second-order valence-corrected chi connectivity index (χ2v) is 3.31. The van der Waals surface area contributed by atoms with E-state index in [9.17, 15) is 9.59 Å². The summed E-state index contributed by atoms with van der Waals surface area (Å²) in [4.78, 5) is 22.0. The highest BCUT2D eigenvalue weighted by Gasteiger charge is 2.13. The van der Waals surface area contributed by atoms with Crippen molar-refractivity contribution in [1.82, 2.24) is 0 Å². The fourth-order valence-corrected chi connectivity index (χ4v) is 1.35. The predicted octanol–water partition coefficient (Wildman–Crippen LogP) is 0.946. The van der Waals surface area contributed by atoms with Crippen molar-refractivity contribution >= 4 is 11.9 Å². The number of amides is 1. The van der Waals surface area contributed by atoms with Gasteiger partial charge in [0.15, 0.2) is 6.61 Å². The van der Waals surface area contributed by atoms with E-state index >= 15 is 0 Å². The molecule has 4 heteroatoms. The van der Waals surface area contributed by atoms with Crippen LogP contribution in [0.5, 0.6) is 0 Å². The summed E-state index contributed by atoms with van der Waals surface area (Å²) in [5.74, 6) is -1.17. The van der Waals surface area contributed by atoms with Crippen LogP contribution in [0.25, 0.3) is 0 Å². The molecule has 0 atom stereocenters. The number of carbonyl (C=O) groups excluding carboxylic acids is 2. The molecule has 0 radical (unpaired) electrons. The molecule has 0 aliphatic heterocycles. The molecule has 0 fully saturated rings. The van der Waals surface area contributed by atoms with E-state index in [-0.39, 0.29) is 6.61 Å². The number of carbonyl (C=O) groups is 2. The Hall–Kier alpha value is -1.84. The van der Waals surface area contributed by atoms with E-state index in [1.807, 2.05) is 32.0 Å². The largest absolute Gasteiger partial charge is 0.452 e. The lowest BCUT2D eigenvalue weighted by Gasteiger charge is -2.08. The van der Waals surface area contributed by atoms with Gasteiger partial charge in [-0.2, -0.15) is 0 Å². The Kier molecular flexibility index (Phi) is 3.44. The molecule has 0 aliphatic carbocycles. The van der Waals surface area contributed by atoms with Crippen molar-refractivity contribution in [1.29, 1.82) is 0 Å². The minimum absolute atomic E-state index is 0.382. The highest BCUT2D eigenvalue weighted by Crippen LogP contribution is 2.14. The van der Waals surface area contributed by atoms with E-state index in [0.29, 0.717) is 5.56 Å². The van der Waals surface area contributed by atoms with E-state index in [1.165, 1.54) is 0 Å². The van der Waals surface area contributed by atoms with Crippen molar-refractivity contribution in [3.63, 3.8) is 0 Å².